The zero-order valence-corrected chi connectivity index (χ0v) is 13.4. The van der Waals surface area contributed by atoms with Gasteiger partial charge in [0, 0.05) is 31.7 Å². The lowest BCUT2D eigenvalue weighted by Crippen LogP contribution is -2.55. The third-order valence-electron chi connectivity index (χ3n) is 4.51. The SMILES string of the molecule is CCCC1CN(Cc2ccccc2C)C(CCC)CN1. The van der Waals surface area contributed by atoms with Gasteiger partial charge in [-0.25, -0.2) is 0 Å². The molecule has 1 aliphatic heterocycles. The minimum atomic E-state index is 0.678. The van der Waals surface area contributed by atoms with Crippen molar-refractivity contribution < 1.29 is 0 Å². The molecule has 1 N–H and O–H groups in total. The van der Waals surface area contributed by atoms with Crippen LogP contribution in [-0.4, -0.2) is 30.1 Å². The van der Waals surface area contributed by atoms with E-state index in [1.807, 2.05) is 0 Å². The largest absolute Gasteiger partial charge is 0.311 e. The summed E-state index contributed by atoms with van der Waals surface area (Å²) in [5.74, 6) is 0. The molecule has 20 heavy (non-hydrogen) atoms. The van der Waals surface area contributed by atoms with Gasteiger partial charge in [-0.15, -0.1) is 0 Å². The van der Waals surface area contributed by atoms with Gasteiger partial charge in [0.2, 0.25) is 0 Å². The third kappa shape index (κ3) is 4.07. The van der Waals surface area contributed by atoms with Gasteiger partial charge in [-0.1, -0.05) is 51.0 Å². The lowest BCUT2D eigenvalue weighted by molar-refractivity contribution is 0.111. The Balaban J connectivity index is 2.05. The molecule has 0 aliphatic carbocycles. The van der Waals surface area contributed by atoms with Crippen molar-refractivity contribution >= 4 is 0 Å². The van der Waals surface area contributed by atoms with Crippen LogP contribution in [0.4, 0.5) is 0 Å². The Bertz CT molecular complexity index is 402. The van der Waals surface area contributed by atoms with Crippen LogP contribution < -0.4 is 5.32 Å². The molecule has 0 radical (unpaired) electrons. The molecule has 2 atom stereocenters. The molecule has 2 nitrogen and oxygen atoms in total. The molecule has 112 valence electrons. The van der Waals surface area contributed by atoms with Crippen LogP contribution in [0.3, 0.4) is 0 Å². The third-order valence-corrected chi connectivity index (χ3v) is 4.51. The van der Waals surface area contributed by atoms with Crippen LogP contribution in [-0.2, 0) is 6.54 Å². The molecule has 1 aromatic rings. The van der Waals surface area contributed by atoms with E-state index in [4.69, 9.17) is 0 Å². The molecular weight excluding hydrogens is 244 g/mol. The number of nitrogens with zero attached hydrogens (tertiary/aromatic N) is 1. The van der Waals surface area contributed by atoms with Crippen molar-refractivity contribution in [3.05, 3.63) is 35.4 Å². The van der Waals surface area contributed by atoms with Crippen LogP contribution in [0, 0.1) is 6.92 Å². The van der Waals surface area contributed by atoms with Crippen LogP contribution >= 0.6 is 0 Å². The Morgan fingerprint density at radius 1 is 1.15 bits per heavy atom. The first kappa shape index (κ1) is 15.5. The van der Waals surface area contributed by atoms with Crippen LogP contribution in [0.15, 0.2) is 24.3 Å². The number of nitrogens with one attached hydrogen (secondary N) is 1. The van der Waals surface area contributed by atoms with E-state index in [0.717, 1.165) is 13.1 Å². The van der Waals surface area contributed by atoms with Crippen molar-refractivity contribution in [3.8, 4) is 0 Å². The Morgan fingerprint density at radius 3 is 2.60 bits per heavy atom. The van der Waals surface area contributed by atoms with Gasteiger partial charge in [-0.3, -0.25) is 4.90 Å². The zero-order chi connectivity index (χ0) is 14.4. The summed E-state index contributed by atoms with van der Waals surface area (Å²) in [6, 6.07) is 10.2. The highest BCUT2D eigenvalue weighted by Crippen LogP contribution is 2.19. The maximum atomic E-state index is 3.74. The number of piperazine rings is 1. The van der Waals surface area contributed by atoms with Crippen LogP contribution in [0.1, 0.15) is 50.7 Å². The van der Waals surface area contributed by atoms with E-state index >= 15 is 0 Å². The molecule has 0 spiro atoms. The van der Waals surface area contributed by atoms with Gasteiger partial charge in [0.25, 0.3) is 0 Å². The molecule has 1 aromatic carbocycles. The minimum absolute atomic E-state index is 0.678. The molecule has 0 amide bonds. The summed E-state index contributed by atoms with van der Waals surface area (Å²) in [7, 11) is 0. The molecule has 1 heterocycles. The Morgan fingerprint density at radius 2 is 1.90 bits per heavy atom. The fourth-order valence-corrected chi connectivity index (χ4v) is 3.29. The summed E-state index contributed by atoms with van der Waals surface area (Å²) in [5.41, 5.74) is 2.92. The summed E-state index contributed by atoms with van der Waals surface area (Å²) in [6.07, 6.45) is 5.14. The van der Waals surface area contributed by atoms with E-state index in [1.165, 1.54) is 43.4 Å². The number of hydrogen-bond donors (Lipinski definition) is 1. The van der Waals surface area contributed by atoms with E-state index in [2.05, 4.69) is 55.3 Å². The summed E-state index contributed by atoms with van der Waals surface area (Å²) in [6.45, 7) is 10.3. The topological polar surface area (TPSA) is 15.3 Å². The van der Waals surface area contributed by atoms with E-state index < -0.39 is 0 Å². The quantitative estimate of drug-likeness (QED) is 0.850. The average molecular weight is 274 g/mol. The molecule has 2 unspecified atom stereocenters. The van der Waals surface area contributed by atoms with Crippen molar-refractivity contribution in [3.63, 3.8) is 0 Å². The van der Waals surface area contributed by atoms with Gasteiger partial charge >= 0.3 is 0 Å². The second-order valence-corrected chi connectivity index (χ2v) is 6.19. The van der Waals surface area contributed by atoms with Crippen molar-refractivity contribution in [2.45, 2.75) is 65.1 Å². The molecule has 2 heteroatoms. The smallest absolute Gasteiger partial charge is 0.0240 e. The molecule has 2 rings (SSSR count). The van der Waals surface area contributed by atoms with Gasteiger partial charge in [0.15, 0.2) is 0 Å². The molecule has 0 bridgehead atoms. The summed E-state index contributed by atoms with van der Waals surface area (Å²) < 4.78 is 0. The second-order valence-electron chi connectivity index (χ2n) is 6.19. The minimum Gasteiger partial charge on any atom is -0.311 e. The summed E-state index contributed by atoms with van der Waals surface area (Å²) in [5, 5.41) is 3.74. The number of rotatable bonds is 6. The first-order valence-corrected chi connectivity index (χ1v) is 8.26. The van der Waals surface area contributed by atoms with E-state index in [0.29, 0.717) is 12.1 Å². The fourth-order valence-electron chi connectivity index (χ4n) is 3.29. The van der Waals surface area contributed by atoms with Gasteiger partial charge in [0.1, 0.15) is 0 Å². The van der Waals surface area contributed by atoms with Crippen molar-refractivity contribution in [1.29, 1.82) is 0 Å². The lowest BCUT2D eigenvalue weighted by Gasteiger charge is -2.41. The van der Waals surface area contributed by atoms with E-state index in [1.54, 1.807) is 0 Å². The van der Waals surface area contributed by atoms with Gasteiger partial charge in [-0.2, -0.15) is 0 Å². The van der Waals surface area contributed by atoms with Gasteiger partial charge in [-0.05, 0) is 30.9 Å². The summed E-state index contributed by atoms with van der Waals surface area (Å²) >= 11 is 0. The number of hydrogen-bond acceptors (Lipinski definition) is 2. The maximum Gasteiger partial charge on any atom is 0.0240 e. The number of benzene rings is 1. The van der Waals surface area contributed by atoms with Crippen molar-refractivity contribution in [2.75, 3.05) is 13.1 Å². The Kier molecular flexibility index (Phi) is 6.06. The second kappa shape index (κ2) is 7.80. The predicted molar refractivity (Wildman–Crippen MR) is 87.0 cm³/mol. The van der Waals surface area contributed by atoms with Gasteiger partial charge < -0.3 is 5.32 Å². The molecular formula is C18H30N2. The monoisotopic (exact) mass is 274 g/mol. The molecule has 1 fully saturated rings. The summed E-state index contributed by atoms with van der Waals surface area (Å²) in [4.78, 5) is 2.71. The molecule has 0 aromatic heterocycles. The first-order chi connectivity index (χ1) is 9.74. The first-order valence-electron chi connectivity index (χ1n) is 8.26. The fraction of sp³-hybridized carbons (Fsp3) is 0.667. The van der Waals surface area contributed by atoms with Crippen LogP contribution in [0.5, 0.6) is 0 Å². The van der Waals surface area contributed by atoms with E-state index in [9.17, 15) is 0 Å². The highest BCUT2D eigenvalue weighted by atomic mass is 15.2. The molecule has 1 saturated heterocycles. The standard InChI is InChI=1S/C18H30N2/c1-4-8-17-14-20(18(9-5-2)12-19-17)13-16-11-7-6-10-15(16)3/h6-7,10-11,17-19H,4-5,8-9,12-14H2,1-3H3. The van der Waals surface area contributed by atoms with Crippen molar-refractivity contribution in [2.24, 2.45) is 0 Å². The normalized spacial score (nSPS) is 23.9. The predicted octanol–water partition coefficient (Wildman–Crippen LogP) is 3.74. The lowest BCUT2D eigenvalue weighted by atomic mass is 10.00. The van der Waals surface area contributed by atoms with Crippen LogP contribution in [0.25, 0.3) is 0 Å². The highest BCUT2D eigenvalue weighted by molar-refractivity contribution is 5.25. The van der Waals surface area contributed by atoms with Gasteiger partial charge in [0.05, 0.1) is 0 Å². The average Bonchev–Trinajstić information content (AvgIpc) is 2.45. The number of aryl methyl sites for hydroxylation is 1. The van der Waals surface area contributed by atoms with E-state index in [-0.39, 0.29) is 0 Å². The molecule has 0 saturated carbocycles. The zero-order valence-electron chi connectivity index (χ0n) is 13.4. The highest BCUT2D eigenvalue weighted by Gasteiger charge is 2.26. The Hall–Kier alpha value is -0.860. The Labute approximate surface area is 124 Å². The maximum absolute atomic E-state index is 3.74. The van der Waals surface area contributed by atoms with Crippen molar-refractivity contribution in [1.82, 2.24) is 10.2 Å². The van der Waals surface area contributed by atoms with Crippen LogP contribution in [0.2, 0.25) is 0 Å². The molecule has 1 aliphatic rings.